The van der Waals surface area contributed by atoms with Crippen molar-refractivity contribution in [1.82, 2.24) is 19.7 Å². The summed E-state index contributed by atoms with van der Waals surface area (Å²) in [6.45, 7) is 3.89. The molecule has 3 heterocycles. The first kappa shape index (κ1) is 16.9. The van der Waals surface area contributed by atoms with Crippen molar-refractivity contribution in [2.75, 3.05) is 5.32 Å². The summed E-state index contributed by atoms with van der Waals surface area (Å²) in [5.74, 6) is 1.35. The van der Waals surface area contributed by atoms with E-state index in [0.29, 0.717) is 23.1 Å². The number of nitrogens with zero attached hydrogens (tertiary/aromatic N) is 4. The first-order valence-corrected chi connectivity index (χ1v) is 9.26. The lowest BCUT2D eigenvalue weighted by atomic mass is 10.0. The lowest BCUT2D eigenvalue weighted by Gasteiger charge is -2.09. The molecule has 1 aliphatic rings. The van der Waals surface area contributed by atoms with Crippen molar-refractivity contribution in [3.05, 3.63) is 72.8 Å². The highest BCUT2D eigenvalue weighted by molar-refractivity contribution is 5.88. The average Bonchev–Trinajstić information content (AvgIpc) is 3.45. The van der Waals surface area contributed by atoms with Gasteiger partial charge >= 0.3 is 0 Å². The Bertz CT molecular complexity index is 1190. The van der Waals surface area contributed by atoms with Crippen LogP contribution in [-0.4, -0.2) is 19.7 Å². The minimum atomic E-state index is -0.361. The topological polar surface area (TPSA) is 55.6 Å². The van der Waals surface area contributed by atoms with Gasteiger partial charge in [-0.15, -0.1) is 0 Å². The van der Waals surface area contributed by atoms with Crippen LogP contribution in [0.25, 0.3) is 22.0 Å². The Morgan fingerprint density at radius 1 is 1.11 bits per heavy atom. The van der Waals surface area contributed by atoms with Crippen molar-refractivity contribution < 1.29 is 4.39 Å². The van der Waals surface area contributed by atoms with E-state index in [0.717, 1.165) is 22.0 Å². The molecule has 6 heteroatoms. The summed E-state index contributed by atoms with van der Waals surface area (Å²) in [4.78, 5) is 8.39. The van der Waals surface area contributed by atoms with Gasteiger partial charge in [-0.3, -0.25) is 4.68 Å². The van der Waals surface area contributed by atoms with Crippen LogP contribution in [0.4, 0.5) is 16.0 Å². The molecule has 1 aliphatic carbocycles. The van der Waals surface area contributed by atoms with E-state index in [1.807, 2.05) is 42.1 Å². The van der Waals surface area contributed by atoms with Crippen LogP contribution in [0.1, 0.15) is 30.0 Å². The van der Waals surface area contributed by atoms with Crippen molar-refractivity contribution >= 4 is 22.5 Å². The van der Waals surface area contributed by atoms with Crippen molar-refractivity contribution in [1.29, 1.82) is 0 Å². The SMILES string of the molecule is [CH2]c1ccnc(Nc2cc(-c3ccc4nn(C)c(C5CC5)c4c3)c(F)cn2)c1. The fraction of sp³-hybridized carbons (Fsp3) is 0.182. The van der Waals surface area contributed by atoms with E-state index in [9.17, 15) is 4.39 Å². The van der Waals surface area contributed by atoms with E-state index in [1.165, 1.54) is 24.7 Å². The molecule has 1 N–H and O–H groups in total. The first-order valence-electron chi connectivity index (χ1n) is 9.26. The van der Waals surface area contributed by atoms with Crippen LogP contribution in [-0.2, 0) is 7.05 Å². The third-order valence-corrected chi connectivity index (χ3v) is 5.09. The van der Waals surface area contributed by atoms with E-state index in [-0.39, 0.29) is 5.82 Å². The van der Waals surface area contributed by atoms with Gasteiger partial charge in [0.15, 0.2) is 0 Å². The molecule has 1 radical (unpaired) electrons. The smallest absolute Gasteiger partial charge is 0.149 e. The van der Waals surface area contributed by atoms with Gasteiger partial charge in [0.25, 0.3) is 0 Å². The summed E-state index contributed by atoms with van der Waals surface area (Å²) in [5, 5.41) is 8.81. The second kappa shape index (κ2) is 6.41. The third-order valence-electron chi connectivity index (χ3n) is 5.09. The lowest BCUT2D eigenvalue weighted by molar-refractivity contribution is 0.625. The van der Waals surface area contributed by atoms with Crippen LogP contribution in [0, 0.1) is 12.7 Å². The third kappa shape index (κ3) is 3.01. The molecular weight excluding hydrogens is 353 g/mol. The standard InChI is InChI=1S/C22H19FN5/c1-13-7-8-24-20(9-13)26-21-11-16(18(23)12-25-21)15-5-6-19-17(10-15)22(14-3-4-14)28(2)27-19/h5-12,14H,1,3-4H2,2H3,(H,24,25,26). The van der Waals surface area contributed by atoms with Crippen LogP contribution < -0.4 is 5.32 Å². The molecule has 1 aromatic carbocycles. The number of hydrogen-bond donors (Lipinski definition) is 1. The molecule has 1 saturated carbocycles. The Kier molecular flexibility index (Phi) is 3.86. The zero-order chi connectivity index (χ0) is 19.3. The monoisotopic (exact) mass is 372 g/mol. The number of anilines is 2. The number of aryl methyl sites for hydroxylation is 1. The number of fused-ring (bicyclic) bond motifs is 1. The van der Waals surface area contributed by atoms with E-state index in [1.54, 1.807) is 12.3 Å². The minimum absolute atomic E-state index is 0.361. The second-order valence-electron chi connectivity index (χ2n) is 7.24. The maximum absolute atomic E-state index is 14.6. The molecule has 0 spiro atoms. The van der Waals surface area contributed by atoms with E-state index in [2.05, 4.69) is 27.3 Å². The number of pyridine rings is 2. The highest BCUT2D eigenvalue weighted by atomic mass is 19.1. The van der Waals surface area contributed by atoms with Crippen LogP contribution in [0.2, 0.25) is 0 Å². The normalized spacial score (nSPS) is 13.8. The lowest BCUT2D eigenvalue weighted by Crippen LogP contribution is -1.98. The van der Waals surface area contributed by atoms with Gasteiger partial charge in [-0.1, -0.05) is 6.07 Å². The van der Waals surface area contributed by atoms with Gasteiger partial charge in [0, 0.05) is 35.8 Å². The summed E-state index contributed by atoms with van der Waals surface area (Å²) in [7, 11) is 1.98. The Labute approximate surface area is 162 Å². The highest BCUT2D eigenvalue weighted by Crippen LogP contribution is 2.43. The largest absolute Gasteiger partial charge is 0.325 e. The van der Waals surface area contributed by atoms with Crippen molar-refractivity contribution in [2.24, 2.45) is 7.05 Å². The van der Waals surface area contributed by atoms with Crippen LogP contribution in [0.3, 0.4) is 0 Å². The number of benzene rings is 1. The van der Waals surface area contributed by atoms with Crippen molar-refractivity contribution in [3.8, 4) is 11.1 Å². The van der Waals surface area contributed by atoms with E-state index < -0.39 is 0 Å². The molecular formula is C22H19FN5. The van der Waals surface area contributed by atoms with Gasteiger partial charge in [0.05, 0.1) is 11.7 Å². The zero-order valence-electron chi connectivity index (χ0n) is 15.5. The Hall–Kier alpha value is -3.28. The minimum Gasteiger partial charge on any atom is -0.325 e. The van der Waals surface area contributed by atoms with E-state index >= 15 is 0 Å². The molecule has 0 bridgehead atoms. The maximum atomic E-state index is 14.6. The Balaban J connectivity index is 1.56. The molecule has 4 aromatic rings. The van der Waals surface area contributed by atoms with Crippen LogP contribution in [0.15, 0.2) is 48.8 Å². The fourth-order valence-electron chi connectivity index (χ4n) is 3.63. The molecule has 5 rings (SSSR count). The van der Waals surface area contributed by atoms with Gasteiger partial charge in [-0.05, 0) is 61.2 Å². The van der Waals surface area contributed by atoms with Crippen molar-refractivity contribution in [2.45, 2.75) is 18.8 Å². The van der Waals surface area contributed by atoms with E-state index in [4.69, 9.17) is 0 Å². The molecule has 28 heavy (non-hydrogen) atoms. The highest BCUT2D eigenvalue weighted by Gasteiger charge is 2.29. The summed E-state index contributed by atoms with van der Waals surface area (Å²) < 4.78 is 16.6. The number of nitrogens with one attached hydrogen (secondary N) is 1. The molecule has 3 aromatic heterocycles. The predicted molar refractivity (Wildman–Crippen MR) is 108 cm³/mol. The van der Waals surface area contributed by atoms with Gasteiger partial charge in [-0.25, -0.2) is 14.4 Å². The molecule has 0 amide bonds. The van der Waals surface area contributed by atoms with Crippen LogP contribution >= 0.6 is 0 Å². The first-order chi connectivity index (χ1) is 13.6. The van der Waals surface area contributed by atoms with Gasteiger partial charge in [0.1, 0.15) is 17.5 Å². The number of aromatic nitrogens is 4. The van der Waals surface area contributed by atoms with Gasteiger partial charge in [0.2, 0.25) is 0 Å². The second-order valence-corrected chi connectivity index (χ2v) is 7.24. The van der Waals surface area contributed by atoms with Crippen molar-refractivity contribution in [3.63, 3.8) is 0 Å². The molecule has 1 fully saturated rings. The Morgan fingerprint density at radius 2 is 1.93 bits per heavy atom. The number of rotatable bonds is 4. The molecule has 0 unspecified atom stereocenters. The molecule has 0 saturated heterocycles. The summed E-state index contributed by atoms with van der Waals surface area (Å²) in [5.41, 5.74) is 4.33. The Morgan fingerprint density at radius 3 is 2.71 bits per heavy atom. The molecule has 139 valence electrons. The fourth-order valence-corrected chi connectivity index (χ4v) is 3.63. The number of hydrogen-bond acceptors (Lipinski definition) is 4. The number of halogens is 1. The summed E-state index contributed by atoms with van der Waals surface area (Å²) in [6, 6.07) is 11.2. The van der Waals surface area contributed by atoms with Gasteiger partial charge in [-0.2, -0.15) is 5.10 Å². The zero-order valence-corrected chi connectivity index (χ0v) is 15.5. The molecule has 0 atom stereocenters. The molecule has 0 aliphatic heterocycles. The van der Waals surface area contributed by atoms with Crippen LogP contribution in [0.5, 0.6) is 0 Å². The summed E-state index contributed by atoms with van der Waals surface area (Å²) >= 11 is 0. The predicted octanol–water partition coefficient (Wildman–Crippen LogP) is 4.97. The molecule has 5 nitrogen and oxygen atoms in total. The van der Waals surface area contributed by atoms with Gasteiger partial charge < -0.3 is 5.32 Å². The maximum Gasteiger partial charge on any atom is 0.149 e. The quantitative estimate of drug-likeness (QED) is 0.549. The average molecular weight is 372 g/mol. The summed E-state index contributed by atoms with van der Waals surface area (Å²) in [6.07, 6.45) is 5.29.